The zero-order valence-corrected chi connectivity index (χ0v) is 19.6. The number of ketones is 2. The van der Waals surface area contributed by atoms with Gasteiger partial charge in [0.1, 0.15) is 0 Å². The summed E-state index contributed by atoms with van der Waals surface area (Å²) < 4.78 is 5.19. The van der Waals surface area contributed by atoms with E-state index in [2.05, 4.69) is 19.1 Å². The second-order valence-corrected chi connectivity index (χ2v) is 8.56. The number of fused-ring (bicyclic) bond motifs is 1. The fourth-order valence-electron chi connectivity index (χ4n) is 3.88. The third-order valence-electron chi connectivity index (χ3n) is 5.79. The highest BCUT2D eigenvalue weighted by Crippen LogP contribution is 2.22. The van der Waals surface area contributed by atoms with Crippen LogP contribution in [0.15, 0.2) is 48.3 Å². The molecule has 0 saturated carbocycles. The highest BCUT2D eigenvalue weighted by molar-refractivity contribution is 6.24. The number of unbranched alkanes of at least 4 members (excludes halogenated alkanes) is 11. The number of hydrogen-bond donors (Lipinski definition) is 0. The second kappa shape index (κ2) is 15.3. The highest BCUT2D eigenvalue weighted by atomic mass is 16.5. The SMILES string of the molecule is CCCCCCCC/C=C\CCCCCCCC(=O)OC1=CC(=O)c2ccccc2C1=O. The summed E-state index contributed by atoms with van der Waals surface area (Å²) in [6.45, 7) is 2.25. The summed E-state index contributed by atoms with van der Waals surface area (Å²) in [7, 11) is 0. The first-order valence-electron chi connectivity index (χ1n) is 12.4. The Morgan fingerprint density at radius 2 is 1.34 bits per heavy atom. The highest BCUT2D eigenvalue weighted by Gasteiger charge is 2.27. The Morgan fingerprint density at radius 3 is 2.00 bits per heavy atom. The van der Waals surface area contributed by atoms with Crippen LogP contribution in [0.25, 0.3) is 0 Å². The van der Waals surface area contributed by atoms with Crippen molar-refractivity contribution in [1.29, 1.82) is 0 Å². The lowest BCUT2D eigenvalue weighted by Gasteiger charge is -2.14. The van der Waals surface area contributed by atoms with Crippen LogP contribution in [-0.4, -0.2) is 17.5 Å². The molecule has 1 aromatic rings. The molecule has 4 nitrogen and oxygen atoms in total. The third-order valence-corrected chi connectivity index (χ3v) is 5.79. The minimum absolute atomic E-state index is 0.161. The van der Waals surface area contributed by atoms with E-state index in [9.17, 15) is 14.4 Å². The van der Waals surface area contributed by atoms with Crippen molar-refractivity contribution in [3.8, 4) is 0 Å². The molecule has 0 atom stereocenters. The van der Waals surface area contributed by atoms with Crippen molar-refractivity contribution in [3.05, 3.63) is 59.4 Å². The molecule has 0 saturated heterocycles. The fourth-order valence-corrected chi connectivity index (χ4v) is 3.88. The molecule has 174 valence electrons. The quantitative estimate of drug-likeness (QED) is 0.152. The molecule has 0 bridgehead atoms. The van der Waals surface area contributed by atoms with Crippen molar-refractivity contribution in [2.24, 2.45) is 0 Å². The number of benzene rings is 1. The summed E-state index contributed by atoms with van der Waals surface area (Å²) in [5, 5.41) is 0. The van der Waals surface area contributed by atoms with Gasteiger partial charge in [-0.05, 0) is 32.1 Å². The van der Waals surface area contributed by atoms with Gasteiger partial charge in [-0.1, -0.05) is 94.7 Å². The summed E-state index contributed by atoms with van der Waals surface area (Å²) in [6.07, 6.45) is 21.5. The van der Waals surface area contributed by atoms with Crippen LogP contribution in [0.5, 0.6) is 0 Å². The van der Waals surface area contributed by atoms with Crippen LogP contribution in [0.3, 0.4) is 0 Å². The van der Waals surface area contributed by atoms with Crippen LogP contribution in [0, 0.1) is 0 Å². The number of esters is 1. The van der Waals surface area contributed by atoms with E-state index in [1.807, 2.05) is 0 Å². The molecule has 2 rings (SSSR count). The van der Waals surface area contributed by atoms with E-state index in [0.29, 0.717) is 11.1 Å². The molecule has 4 heteroatoms. The first kappa shape index (κ1) is 25.8. The molecule has 1 aromatic carbocycles. The van der Waals surface area contributed by atoms with Gasteiger partial charge < -0.3 is 4.74 Å². The van der Waals surface area contributed by atoms with Crippen LogP contribution >= 0.6 is 0 Å². The molecule has 0 fully saturated rings. The molecule has 0 N–H and O–H groups in total. The lowest BCUT2D eigenvalue weighted by Crippen LogP contribution is -2.20. The van der Waals surface area contributed by atoms with E-state index in [1.165, 1.54) is 51.4 Å². The van der Waals surface area contributed by atoms with Crippen LogP contribution in [-0.2, 0) is 9.53 Å². The predicted molar refractivity (Wildman–Crippen MR) is 129 cm³/mol. The number of ether oxygens (including phenoxy) is 1. The molecule has 0 aromatic heterocycles. The molecule has 0 amide bonds. The standard InChI is InChI=1S/C28H38O4/c1-2-3-4-5-6-7-8-9-10-11-12-13-14-15-16-21-27(30)32-26-22-25(29)23-19-17-18-20-24(23)28(26)31/h9-10,17-20,22H,2-8,11-16,21H2,1H3/b10-9-. The van der Waals surface area contributed by atoms with E-state index < -0.39 is 11.8 Å². The predicted octanol–water partition coefficient (Wildman–Crippen LogP) is 7.53. The minimum atomic E-state index is -0.450. The summed E-state index contributed by atoms with van der Waals surface area (Å²) in [6, 6.07) is 6.60. The Balaban J connectivity index is 1.49. The minimum Gasteiger partial charge on any atom is -0.422 e. The fraction of sp³-hybridized carbons (Fsp3) is 0.536. The van der Waals surface area contributed by atoms with Gasteiger partial charge in [0, 0.05) is 23.6 Å². The Kier molecular flexibility index (Phi) is 12.3. The summed E-state index contributed by atoms with van der Waals surface area (Å²) in [4.78, 5) is 36.6. The molecule has 0 unspecified atom stereocenters. The first-order chi connectivity index (χ1) is 15.6. The van der Waals surface area contributed by atoms with E-state index >= 15 is 0 Å². The Morgan fingerprint density at radius 1 is 0.781 bits per heavy atom. The molecule has 0 radical (unpaired) electrons. The summed E-state index contributed by atoms with van der Waals surface area (Å²) >= 11 is 0. The lowest BCUT2D eigenvalue weighted by atomic mass is 9.94. The number of allylic oxidation sites excluding steroid dienone is 4. The van der Waals surface area contributed by atoms with Gasteiger partial charge in [0.05, 0.1) is 0 Å². The Labute approximate surface area is 193 Å². The van der Waals surface area contributed by atoms with Gasteiger partial charge in [-0.3, -0.25) is 14.4 Å². The van der Waals surface area contributed by atoms with Gasteiger partial charge >= 0.3 is 5.97 Å². The second-order valence-electron chi connectivity index (χ2n) is 8.56. The normalized spacial score (nSPS) is 13.3. The van der Waals surface area contributed by atoms with Crippen molar-refractivity contribution < 1.29 is 19.1 Å². The van der Waals surface area contributed by atoms with Crippen LogP contribution < -0.4 is 0 Å². The average Bonchev–Trinajstić information content (AvgIpc) is 2.80. The largest absolute Gasteiger partial charge is 0.422 e. The topological polar surface area (TPSA) is 60.4 Å². The van der Waals surface area contributed by atoms with Crippen molar-refractivity contribution >= 4 is 17.5 Å². The maximum Gasteiger partial charge on any atom is 0.311 e. The maximum absolute atomic E-state index is 12.4. The zero-order valence-electron chi connectivity index (χ0n) is 19.6. The van der Waals surface area contributed by atoms with Gasteiger partial charge in [0.2, 0.25) is 5.78 Å². The van der Waals surface area contributed by atoms with E-state index in [0.717, 1.165) is 38.2 Å². The van der Waals surface area contributed by atoms with Gasteiger partial charge in [0.25, 0.3) is 0 Å². The summed E-state index contributed by atoms with van der Waals surface area (Å²) in [5.41, 5.74) is 0.651. The van der Waals surface area contributed by atoms with Gasteiger partial charge in [-0.25, -0.2) is 0 Å². The number of carbonyl (C=O) groups is 3. The monoisotopic (exact) mass is 438 g/mol. The van der Waals surface area contributed by atoms with Crippen LogP contribution in [0.2, 0.25) is 0 Å². The molecule has 0 heterocycles. The number of Topliss-reactive ketones (excluding diaryl/α,β-unsaturated/α-hetero) is 1. The summed E-state index contributed by atoms with van der Waals surface area (Å²) in [5.74, 6) is -1.32. The van der Waals surface area contributed by atoms with Crippen LogP contribution in [0.1, 0.15) is 118 Å². The Hall–Kier alpha value is -2.49. The smallest absolute Gasteiger partial charge is 0.311 e. The van der Waals surface area contributed by atoms with E-state index in [4.69, 9.17) is 4.74 Å². The van der Waals surface area contributed by atoms with Crippen molar-refractivity contribution in [3.63, 3.8) is 0 Å². The number of carbonyl (C=O) groups excluding carboxylic acids is 3. The molecule has 0 aliphatic heterocycles. The van der Waals surface area contributed by atoms with Crippen molar-refractivity contribution in [1.82, 2.24) is 0 Å². The molecule has 32 heavy (non-hydrogen) atoms. The van der Waals surface area contributed by atoms with Gasteiger partial charge in [-0.15, -0.1) is 0 Å². The van der Waals surface area contributed by atoms with Crippen molar-refractivity contribution in [2.45, 2.75) is 96.8 Å². The molecular formula is C28H38O4. The number of hydrogen-bond acceptors (Lipinski definition) is 4. The van der Waals surface area contributed by atoms with E-state index in [1.54, 1.807) is 24.3 Å². The molecule has 1 aliphatic rings. The van der Waals surface area contributed by atoms with Gasteiger partial charge in [0.15, 0.2) is 11.5 Å². The average molecular weight is 439 g/mol. The Bertz CT molecular complexity index is 803. The van der Waals surface area contributed by atoms with Crippen molar-refractivity contribution in [2.75, 3.05) is 0 Å². The zero-order chi connectivity index (χ0) is 23.0. The lowest BCUT2D eigenvalue weighted by molar-refractivity contribution is -0.139. The molecule has 1 aliphatic carbocycles. The third kappa shape index (κ3) is 9.33. The van der Waals surface area contributed by atoms with Gasteiger partial charge in [-0.2, -0.15) is 0 Å². The molecule has 0 spiro atoms. The maximum atomic E-state index is 12.4. The van der Waals surface area contributed by atoms with Crippen LogP contribution in [0.4, 0.5) is 0 Å². The molecular weight excluding hydrogens is 400 g/mol. The van der Waals surface area contributed by atoms with E-state index in [-0.39, 0.29) is 18.0 Å². The number of rotatable bonds is 16. The first-order valence-corrected chi connectivity index (χ1v) is 12.4.